The van der Waals surface area contributed by atoms with Crippen LogP contribution in [0.1, 0.15) is 5.69 Å². The molecule has 0 fully saturated rings. The van der Waals surface area contributed by atoms with Crippen molar-refractivity contribution >= 4 is 0 Å². The van der Waals surface area contributed by atoms with Gasteiger partial charge in [0.2, 0.25) is 0 Å². The third-order valence-electron chi connectivity index (χ3n) is 2.57. The number of H-pyrrole nitrogens is 1. The highest BCUT2D eigenvalue weighted by Gasteiger charge is 2.08. The second-order valence-electron chi connectivity index (χ2n) is 3.79. The Hall–Kier alpha value is -3.07. The van der Waals surface area contributed by atoms with Gasteiger partial charge in [-0.25, -0.2) is 9.97 Å². The Balaban J connectivity index is 2.00. The van der Waals surface area contributed by atoms with Gasteiger partial charge in [0.15, 0.2) is 11.6 Å². The molecule has 1 N–H and O–H groups in total. The summed E-state index contributed by atoms with van der Waals surface area (Å²) < 4.78 is 0. The van der Waals surface area contributed by atoms with Crippen molar-refractivity contribution in [3.63, 3.8) is 0 Å². The summed E-state index contributed by atoms with van der Waals surface area (Å²) in [6, 6.07) is 9.10. The first kappa shape index (κ1) is 11.0. The van der Waals surface area contributed by atoms with Gasteiger partial charge in [-0.3, -0.25) is 10.1 Å². The summed E-state index contributed by atoms with van der Waals surface area (Å²) in [5.41, 5.74) is 2.00. The molecule has 0 unspecified atom stereocenters. The Kier molecular flexibility index (Phi) is 2.71. The minimum Gasteiger partial charge on any atom is -0.265 e. The molecular formula is C13H8N6. The first-order chi connectivity index (χ1) is 9.36. The van der Waals surface area contributed by atoms with Gasteiger partial charge in [-0.1, -0.05) is 0 Å². The smallest absolute Gasteiger partial charge is 0.181 e. The van der Waals surface area contributed by atoms with Crippen LogP contribution >= 0.6 is 0 Å². The van der Waals surface area contributed by atoms with Crippen molar-refractivity contribution < 1.29 is 0 Å². The summed E-state index contributed by atoms with van der Waals surface area (Å²) in [6.07, 6.45) is 4.95. The van der Waals surface area contributed by atoms with E-state index < -0.39 is 0 Å². The lowest BCUT2D eigenvalue weighted by Gasteiger charge is -1.94. The Morgan fingerprint density at radius 2 is 1.84 bits per heavy atom. The lowest BCUT2D eigenvalue weighted by molar-refractivity contribution is 1.10. The minimum atomic E-state index is 0.341. The van der Waals surface area contributed by atoms with E-state index in [-0.39, 0.29) is 0 Å². The van der Waals surface area contributed by atoms with Crippen LogP contribution in [0.15, 0.2) is 42.9 Å². The summed E-state index contributed by atoms with van der Waals surface area (Å²) in [6.45, 7) is 0. The molecule has 3 aromatic rings. The number of aromatic nitrogens is 5. The molecular weight excluding hydrogens is 239 g/mol. The van der Waals surface area contributed by atoms with E-state index in [4.69, 9.17) is 5.26 Å². The average molecular weight is 247 g/mol. The van der Waals surface area contributed by atoms with Crippen LogP contribution in [0, 0.1) is 11.3 Å². The monoisotopic (exact) mass is 247 g/mol. The average Bonchev–Trinajstić information content (AvgIpc) is 2.98. The first-order valence-corrected chi connectivity index (χ1v) is 5.56. The molecule has 0 atom stereocenters. The SMILES string of the molecule is N#[11C]c1cc(-c2n[nH]c(-c3ccncc3)n2)ccn1. The number of nitriles is 1. The molecule has 3 aromatic heterocycles. The zero-order chi connectivity index (χ0) is 13.1. The van der Waals surface area contributed by atoms with E-state index in [9.17, 15) is 0 Å². The molecule has 3 heterocycles. The Labute approximate surface area is 108 Å². The van der Waals surface area contributed by atoms with Crippen LogP contribution in [0.3, 0.4) is 0 Å². The van der Waals surface area contributed by atoms with Crippen molar-refractivity contribution in [3.8, 4) is 28.8 Å². The molecule has 0 spiro atoms. The maximum Gasteiger partial charge on any atom is 0.181 e. The van der Waals surface area contributed by atoms with E-state index >= 15 is 0 Å². The second kappa shape index (κ2) is 4.66. The molecule has 6 heteroatoms. The summed E-state index contributed by atoms with van der Waals surface area (Å²) in [7, 11) is 0. The highest BCUT2D eigenvalue weighted by atomic mass is 15.2. The quantitative estimate of drug-likeness (QED) is 0.745. The van der Waals surface area contributed by atoms with E-state index in [0.29, 0.717) is 17.3 Å². The molecule has 0 bridgehead atoms. The van der Waals surface area contributed by atoms with Gasteiger partial charge in [-0.05, 0) is 24.3 Å². The van der Waals surface area contributed by atoms with Crippen LogP contribution in [-0.2, 0) is 0 Å². The van der Waals surface area contributed by atoms with Crippen LogP contribution < -0.4 is 0 Å². The van der Waals surface area contributed by atoms with Crippen LogP contribution in [0.5, 0.6) is 0 Å². The summed E-state index contributed by atoms with van der Waals surface area (Å²) in [5, 5.41) is 15.8. The molecule has 90 valence electrons. The van der Waals surface area contributed by atoms with Gasteiger partial charge in [0.25, 0.3) is 0 Å². The first-order valence-electron chi connectivity index (χ1n) is 5.56. The third kappa shape index (κ3) is 2.17. The number of pyridine rings is 2. The molecule has 19 heavy (non-hydrogen) atoms. The van der Waals surface area contributed by atoms with Gasteiger partial charge in [-0.2, -0.15) is 10.4 Å². The summed E-state index contributed by atoms with van der Waals surface area (Å²) >= 11 is 0. The fraction of sp³-hybridized carbons (Fsp3) is 0. The normalized spacial score (nSPS) is 10.1. The number of nitrogens with one attached hydrogen (secondary N) is 1. The van der Waals surface area contributed by atoms with Gasteiger partial charge in [0.05, 0.1) is 0 Å². The molecule has 0 amide bonds. The van der Waals surface area contributed by atoms with Crippen LogP contribution in [0.25, 0.3) is 22.8 Å². The molecule has 0 radical (unpaired) electrons. The number of hydrogen-bond donors (Lipinski definition) is 1. The highest BCUT2D eigenvalue weighted by molar-refractivity contribution is 5.61. The molecule has 6 nitrogen and oxygen atoms in total. The largest absolute Gasteiger partial charge is 0.265 e. The number of hydrogen-bond acceptors (Lipinski definition) is 5. The van der Waals surface area contributed by atoms with Gasteiger partial charge in [-0.15, -0.1) is 0 Å². The second-order valence-corrected chi connectivity index (χ2v) is 3.79. The predicted octanol–water partition coefficient (Wildman–Crippen LogP) is 1.80. The van der Waals surface area contributed by atoms with E-state index in [2.05, 4.69) is 25.1 Å². The summed E-state index contributed by atoms with van der Waals surface area (Å²) in [5.74, 6) is 1.19. The van der Waals surface area contributed by atoms with Crippen molar-refractivity contribution in [1.82, 2.24) is 25.1 Å². The van der Waals surface area contributed by atoms with Crippen LogP contribution in [0.2, 0.25) is 0 Å². The van der Waals surface area contributed by atoms with Crippen molar-refractivity contribution in [2.75, 3.05) is 0 Å². The van der Waals surface area contributed by atoms with Crippen molar-refractivity contribution in [3.05, 3.63) is 48.5 Å². The predicted molar refractivity (Wildman–Crippen MR) is 67.6 cm³/mol. The molecule has 0 aromatic carbocycles. The maximum absolute atomic E-state index is 8.82. The zero-order valence-electron chi connectivity index (χ0n) is 9.78. The van der Waals surface area contributed by atoms with Gasteiger partial charge >= 0.3 is 0 Å². The summed E-state index contributed by atoms with van der Waals surface area (Å²) in [4.78, 5) is 12.3. The van der Waals surface area contributed by atoms with E-state index in [1.54, 1.807) is 30.7 Å². The minimum absolute atomic E-state index is 0.341. The Morgan fingerprint density at radius 1 is 1.05 bits per heavy atom. The standard InChI is InChI=1S/C13H8N6/c14-8-11-7-10(3-6-16-11)13-17-12(18-19-13)9-1-4-15-5-2-9/h1-7H,(H,17,18,19)/i8-1. The zero-order valence-corrected chi connectivity index (χ0v) is 9.78. The number of nitrogens with zero attached hydrogens (tertiary/aromatic N) is 5. The Bertz CT molecular complexity index is 741. The fourth-order valence-electron chi connectivity index (χ4n) is 1.66. The van der Waals surface area contributed by atoms with Gasteiger partial charge in [0, 0.05) is 29.7 Å². The third-order valence-corrected chi connectivity index (χ3v) is 2.57. The van der Waals surface area contributed by atoms with Crippen molar-refractivity contribution in [1.29, 1.82) is 5.26 Å². The molecule has 3 rings (SSSR count). The van der Waals surface area contributed by atoms with E-state index in [0.717, 1.165) is 11.1 Å². The molecule has 0 saturated carbocycles. The van der Waals surface area contributed by atoms with Gasteiger partial charge < -0.3 is 0 Å². The molecule has 0 saturated heterocycles. The number of aromatic amines is 1. The van der Waals surface area contributed by atoms with Gasteiger partial charge in [0.1, 0.15) is 11.8 Å². The van der Waals surface area contributed by atoms with E-state index in [1.165, 1.54) is 0 Å². The van der Waals surface area contributed by atoms with Crippen molar-refractivity contribution in [2.24, 2.45) is 0 Å². The molecule has 0 aliphatic heterocycles. The Morgan fingerprint density at radius 3 is 2.63 bits per heavy atom. The fourth-order valence-corrected chi connectivity index (χ4v) is 1.66. The van der Waals surface area contributed by atoms with Crippen LogP contribution in [-0.4, -0.2) is 25.1 Å². The maximum atomic E-state index is 8.82. The molecule has 0 aliphatic carbocycles. The lowest BCUT2D eigenvalue weighted by atomic mass is 10.1. The topological polar surface area (TPSA) is 91.1 Å². The lowest BCUT2D eigenvalue weighted by Crippen LogP contribution is -1.86. The van der Waals surface area contributed by atoms with Crippen molar-refractivity contribution in [2.45, 2.75) is 0 Å². The van der Waals surface area contributed by atoms with Crippen LogP contribution in [0.4, 0.5) is 0 Å². The highest BCUT2D eigenvalue weighted by Crippen LogP contribution is 2.19. The van der Waals surface area contributed by atoms with E-state index in [1.807, 2.05) is 18.2 Å². The number of rotatable bonds is 2. The molecule has 0 aliphatic rings.